The summed E-state index contributed by atoms with van der Waals surface area (Å²) < 4.78 is 0. The van der Waals surface area contributed by atoms with E-state index in [4.69, 9.17) is 0 Å². The van der Waals surface area contributed by atoms with Gasteiger partial charge < -0.3 is 10.0 Å². The first-order valence-corrected chi connectivity index (χ1v) is 6.37. The summed E-state index contributed by atoms with van der Waals surface area (Å²) in [6.45, 7) is 10.5. The maximum Gasteiger partial charge on any atom is 0.323 e. The second kappa shape index (κ2) is 6.97. The van der Waals surface area contributed by atoms with Crippen molar-refractivity contribution in [3.63, 3.8) is 0 Å². The molecule has 0 bridgehead atoms. The zero-order chi connectivity index (χ0) is 13.6. The van der Waals surface area contributed by atoms with Crippen molar-refractivity contribution in [2.24, 2.45) is 5.92 Å². The molecule has 0 heterocycles. The lowest BCUT2D eigenvalue weighted by molar-refractivity contribution is -0.151. The molecule has 1 N–H and O–H groups in total. The number of rotatable bonds is 8. The standard InChI is InChI=1S/C13H28N2O2/c1-7-13(4,12(16)17)15(10-11(2)3)9-8-14(5)6/h11H,7-10H2,1-6H3,(H,16,17). The summed E-state index contributed by atoms with van der Waals surface area (Å²) in [6.07, 6.45) is 0.627. The van der Waals surface area contributed by atoms with E-state index in [1.54, 1.807) is 0 Å². The molecular formula is C13H28N2O2. The van der Waals surface area contributed by atoms with Crippen LogP contribution in [0.4, 0.5) is 0 Å². The maximum absolute atomic E-state index is 11.5. The van der Waals surface area contributed by atoms with Crippen molar-refractivity contribution >= 4 is 5.97 Å². The second-order valence-corrected chi connectivity index (χ2v) is 5.58. The number of aliphatic carboxylic acids is 1. The lowest BCUT2D eigenvalue weighted by Crippen LogP contribution is -2.54. The predicted octanol–water partition coefficient (Wildman–Crippen LogP) is 1.76. The van der Waals surface area contributed by atoms with E-state index < -0.39 is 11.5 Å². The van der Waals surface area contributed by atoms with Crippen molar-refractivity contribution in [3.05, 3.63) is 0 Å². The Bertz CT molecular complexity index is 242. The fourth-order valence-electron chi connectivity index (χ4n) is 1.81. The van der Waals surface area contributed by atoms with Crippen LogP contribution in [0.3, 0.4) is 0 Å². The van der Waals surface area contributed by atoms with Gasteiger partial charge in [-0.25, -0.2) is 0 Å². The van der Waals surface area contributed by atoms with Crippen molar-refractivity contribution in [2.75, 3.05) is 33.7 Å². The van der Waals surface area contributed by atoms with Crippen LogP contribution in [0, 0.1) is 5.92 Å². The first kappa shape index (κ1) is 16.4. The lowest BCUT2D eigenvalue weighted by atomic mass is 9.95. The Morgan fingerprint density at radius 2 is 1.82 bits per heavy atom. The number of likely N-dealkylation sites (N-methyl/N-ethyl adjacent to an activating group) is 1. The van der Waals surface area contributed by atoms with Crippen LogP contribution in [-0.4, -0.2) is 60.1 Å². The molecule has 4 heteroatoms. The third-order valence-electron chi connectivity index (χ3n) is 3.25. The van der Waals surface area contributed by atoms with Crippen molar-refractivity contribution in [3.8, 4) is 0 Å². The summed E-state index contributed by atoms with van der Waals surface area (Å²) in [4.78, 5) is 15.7. The molecule has 0 aliphatic rings. The van der Waals surface area contributed by atoms with Gasteiger partial charge in [-0.05, 0) is 33.4 Å². The molecule has 0 rings (SSSR count). The number of carboxylic acids is 1. The Hall–Kier alpha value is -0.610. The fraction of sp³-hybridized carbons (Fsp3) is 0.923. The fourth-order valence-corrected chi connectivity index (χ4v) is 1.81. The Morgan fingerprint density at radius 3 is 2.12 bits per heavy atom. The SMILES string of the molecule is CCC(C)(C(=O)O)N(CCN(C)C)CC(C)C. The van der Waals surface area contributed by atoms with E-state index in [1.165, 1.54) is 0 Å². The zero-order valence-electron chi connectivity index (χ0n) is 12.2. The molecule has 0 aliphatic heterocycles. The minimum absolute atomic E-state index is 0.474. The summed E-state index contributed by atoms with van der Waals surface area (Å²) in [5.41, 5.74) is -0.750. The zero-order valence-corrected chi connectivity index (χ0v) is 12.2. The first-order chi connectivity index (χ1) is 7.74. The van der Waals surface area contributed by atoms with E-state index in [2.05, 4.69) is 23.6 Å². The number of hydrogen-bond acceptors (Lipinski definition) is 3. The quantitative estimate of drug-likeness (QED) is 0.706. The topological polar surface area (TPSA) is 43.8 Å². The van der Waals surface area contributed by atoms with E-state index in [1.807, 2.05) is 27.9 Å². The highest BCUT2D eigenvalue weighted by Crippen LogP contribution is 2.21. The van der Waals surface area contributed by atoms with Crippen molar-refractivity contribution in [1.29, 1.82) is 0 Å². The first-order valence-electron chi connectivity index (χ1n) is 6.37. The number of carboxylic acid groups (broad SMARTS) is 1. The van der Waals surface area contributed by atoms with Gasteiger partial charge in [0.15, 0.2) is 0 Å². The maximum atomic E-state index is 11.5. The Kier molecular flexibility index (Phi) is 6.72. The Labute approximate surface area is 106 Å². The Morgan fingerprint density at radius 1 is 1.29 bits per heavy atom. The van der Waals surface area contributed by atoms with Gasteiger partial charge in [0.2, 0.25) is 0 Å². The molecule has 0 aromatic carbocycles. The average Bonchev–Trinajstić information content (AvgIpc) is 2.21. The van der Waals surface area contributed by atoms with Gasteiger partial charge in [0.25, 0.3) is 0 Å². The minimum Gasteiger partial charge on any atom is -0.480 e. The van der Waals surface area contributed by atoms with Crippen LogP contribution in [0.2, 0.25) is 0 Å². The van der Waals surface area contributed by atoms with E-state index in [0.29, 0.717) is 12.3 Å². The molecule has 1 atom stereocenters. The molecule has 0 aliphatic carbocycles. The van der Waals surface area contributed by atoms with Gasteiger partial charge in [-0.15, -0.1) is 0 Å². The van der Waals surface area contributed by atoms with Crippen LogP contribution in [0.1, 0.15) is 34.1 Å². The molecule has 0 saturated carbocycles. The van der Waals surface area contributed by atoms with Gasteiger partial charge in [-0.2, -0.15) is 0 Å². The van der Waals surface area contributed by atoms with Crippen molar-refractivity contribution < 1.29 is 9.90 Å². The summed E-state index contributed by atoms with van der Waals surface area (Å²) in [7, 11) is 4.02. The molecule has 0 spiro atoms. The molecule has 0 saturated heterocycles. The van der Waals surface area contributed by atoms with Crippen LogP contribution < -0.4 is 0 Å². The van der Waals surface area contributed by atoms with Gasteiger partial charge in [-0.1, -0.05) is 20.8 Å². The van der Waals surface area contributed by atoms with Crippen LogP contribution in [-0.2, 0) is 4.79 Å². The highest BCUT2D eigenvalue weighted by Gasteiger charge is 2.37. The van der Waals surface area contributed by atoms with Crippen molar-refractivity contribution in [1.82, 2.24) is 9.80 Å². The number of hydrogen-bond donors (Lipinski definition) is 1. The summed E-state index contributed by atoms with van der Waals surface area (Å²) >= 11 is 0. The van der Waals surface area contributed by atoms with Crippen molar-refractivity contribution in [2.45, 2.75) is 39.7 Å². The van der Waals surface area contributed by atoms with E-state index in [0.717, 1.165) is 19.6 Å². The van der Waals surface area contributed by atoms with Gasteiger partial charge in [0, 0.05) is 19.6 Å². The Balaban J connectivity index is 4.80. The van der Waals surface area contributed by atoms with Crippen LogP contribution in [0.5, 0.6) is 0 Å². The van der Waals surface area contributed by atoms with E-state index in [9.17, 15) is 9.90 Å². The van der Waals surface area contributed by atoms with Gasteiger partial charge in [0.05, 0.1) is 0 Å². The third-order valence-corrected chi connectivity index (χ3v) is 3.25. The monoisotopic (exact) mass is 244 g/mol. The molecule has 0 fully saturated rings. The third kappa shape index (κ3) is 5.04. The normalized spacial score (nSPS) is 15.6. The van der Waals surface area contributed by atoms with Crippen LogP contribution in [0.15, 0.2) is 0 Å². The summed E-state index contributed by atoms with van der Waals surface area (Å²) in [5, 5.41) is 9.43. The average molecular weight is 244 g/mol. The second-order valence-electron chi connectivity index (χ2n) is 5.58. The molecule has 1 unspecified atom stereocenters. The summed E-state index contributed by atoms with van der Waals surface area (Å²) in [5.74, 6) is -0.248. The summed E-state index contributed by atoms with van der Waals surface area (Å²) in [6, 6.07) is 0. The minimum atomic E-state index is -0.750. The molecule has 0 aromatic rings. The molecule has 102 valence electrons. The number of nitrogens with zero attached hydrogens (tertiary/aromatic N) is 2. The van der Waals surface area contributed by atoms with Crippen LogP contribution in [0.25, 0.3) is 0 Å². The van der Waals surface area contributed by atoms with Gasteiger partial charge >= 0.3 is 5.97 Å². The molecule has 17 heavy (non-hydrogen) atoms. The molecule has 0 aromatic heterocycles. The highest BCUT2D eigenvalue weighted by atomic mass is 16.4. The molecule has 0 amide bonds. The molecule has 4 nitrogen and oxygen atoms in total. The largest absolute Gasteiger partial charge is 0.480 e. The van der Waals surface area contributed by atoms with Crippen LogP contribution >= 0.6 is 0 Å². The predicted molar refractivity (Wildman–Crippen MR) is 71.3 cm³/mol. The smallest absolute Gasteiger partial charge is 0.323 e. The number of carbonyl (C=O) groups is 1. The van der Waals surface area contributed by atoms with E-state index >= 15 is 0 Å². The lowest BCUT2D eigenvalue weighted by Gasteiger charge is -2.39. The molecule has 0 radical (unpaired) electrons. The van der Waals surface area contributed by atoms with Gasteiger partial charge in [-0.3, -0.25) is 9.69 Å². The van der Waals surface area contributed by atoms with Gasteiger partial charge in [0.1, 0.15) is 5.54 Å². The highest BCUT2D eigenvalue weighted by molar-refractivity contribution is 5.78. The van der Waals surface area contributed by atoms with E-state index in [-0.39, 0.29) is 0 Å². The molecular weight excluding hydrogens is 216 g/mol.